The minimum Gasteiger partial charge on any atom is -0.393 e. The fourth-order valence-corrected chi connectivity index (χ4v) is 1.59. The molecule has 0 heterocycles. The molecule has 3 N–H and O–H groups in total. The Morgan fingerprint density at radius 2 is 1.94 bits per heavy atom. The van der Waals surface area contributed by atoms with Crippen LogP contribution >= 0.6 is 0 Å². The highest BCUT2D eigenvalue weighted by atomic mass is 19.1. The van der Waals surface area contributed by atoms with Gasteiger partial charge in [-0.05, 0) is 30.3 Å². The minimum atomic E-state index is -0.572. The Labute approximate surface area is 102 Å². The van der Waals surface area contributed by atoms with Gasteiger partial charge in [-0.3, -0.25) is 10.1 Å². The van der Waals surface area contributed by atoms with Gasteiger partial charge in [-0.25, -0.2) is 4.39 Å². The molecule has 2 rings (SSSR count). The molecule has 0 atom stereocenters. The molecule has 0 saturated carbocycles. The molecule has 0 saturated heterocycles. The van der Waals surface area contributed by atoms with E-state index in [4.69, 9.17) is 5.73 Å². The number of hydrogen-bond acceptors (Lipinski definition) is 4. The van der Waals surface area contributed by atoms with Crippen LogP contribution < -0.4 is 11.1 Å². The molecule has 0 spiro atoms. The quantitative estimate of drug-likeness (QED) is 0.496. The number of nitro benzene ring substituents is 1. The van der Waals surface area contributed by atoms with E-state index in [2.05, 4.69) is 5.32 Å². The van der Waals surface area contributed by atoms with Gasteiger partial charge in [0.1, 0.15) is 17.2 Å². The highest BCUT2D eigenvalue weighted by molar-refractivity contribution is 5.78. The van der Waals surface area contributed by atoms with E-state index in [1.165, 1.54) is 30.3 Å². The van der Waals surface area contributed by atoms with Crippen molar-refractivity contribution in [3.05, 3.63) is 58.4 Å². The van der Waals surface area contributed by atoms with Gasteiger partial charge in [0.15, 0.2) is 0 Å². The lowest BCUT2D eigenvalue weighted by atomic mass is 10.2. The van der Waals surface area contributed by atoms with E-state index < -0.39 is 10.7 Å². The molecule has 0 aliphatic rings. The minimum absolute atomic E-state index is 0.0569. The first-order valence-electron chi connectivity index (χ1n) is 5.13. The van der Waals surface area contributed by atoms with Crippen LogP contribution in [0.1, 0.15) is 0 Å². The Morgan fingerprint density at radius 3 is 2.61 bits per heavy atom. The molecule has 2 aromatic rings. The number of nitrogens with one attached hydrogen (secondary N) is 1. The van der Waals surface area contributed by atoms with Crippen molar-refractivity contribution in [2.45, 2.75) is 0 Å². The third-order valence-electron chi connectivity index (χ3n) is 2.35. The summed E-state index contributed by atoms with van der Waals surface area (Å²) >= 11 is 0. The summed E-state index contributed by atoms with van der Waals surface area (Å²) < 4.78 is 13.0. The van der Waals surface area contributed by atoms with Crippen molar-refractivity contribution in [1.82, 2.24) is 0 Å². The van der Waals surface area contributed by atoms with E-state index in [0.717, 1.165) is 0 Å². The average Bonchev–Trinajstić information content (AvgIpc) is 2.28. The number of nitro groups is 1. The van der Waals surface area contributed by atoms with Gasteiger partial charge in [0.2, 0.25) is 0 Å². The third kappa shape index (κ3) is 2.37. The molecule has 5 nitrogen and oxygen atoms in total. The molecule has 0 aliphatic carbocycles. The van der Waals surface area contributed by atoms with Crippen LogP contribution in [-0.4, -0.2) is 4.92 Å². The zero-order valence-electron chi connectivity index (χ0n) is 9.26. The predicted octanol–water partition coefficient (Wildman–Crippen LogP) is 3.06. The first-order chi connectivity index (χ1) is 8.58. The summed E-state index contributed by atoms with van der Waals surface area (Å²) in [5, 5.41) is 13.7. The van der Waals surface area contributed by atoms with Crippen molar-refractivity contribution < 1.29 is 9.31 Å². The molecule has 0 fully saturated rings. The molecule has 92 valence electrons. The van der Waals surface area contributed by atoms with Gasteiger partial charge >= 0.3 is 5.69 Å². The maximum Gasteiger partial charge on any atom is 0.315 e. The van der Waals surface area contributed by atoms with Crippen molar-refractivity contribution in [2.75, 3.05) is 11.1 Å². The number of hydrogen-bond donors (Lipinski definition) is 2. The molecular formula is C12H10FN3O2. The number of halogens is 1. The highest BCUT2D eigenvalue weighted by Crippen LogP contribution is 2.32. The summed E-state index contributed by atoms with van der Waals surface area (Å²) in [6.45, 7) is 0. The lowest BCUT2D eigenvalue weighted by molar-refractivity contribution is -0.383. The summed E-state index contributed by atoms with van der Waals surface area (Å²) in [6, 6.07) is 10.2. The van der Waals surface area contributed by atoms with E-state index in [0.29, 0.717) is 5.69 Å². The van der Waals surface area contributed by atoms with E-state index in [-0.39, 0.29) is 17.1 Å². The topological polar surface area (TPSA) is 81.2 Å². The van der Waals surface area contributed by atoms with Gasteiger partial charge in [-0.2, -0.15) is 0 Å². The van der Waals surface area contributed by atoms with E-state index in [1.807, 2.05) is 0 Å². The predicted molar refractivity (Wildman–Crippen MR) is 67.2 cm³/mol. The standard InChI is InChI=1S/C12H10FN3O2/c13-8-3-1-4-9(7-8)15-11-6-2-5-10(14)12(11)16(17)18/h1-7,15H,14H2. The van der Waals surface area contributed by atoms with Gasteiger partial charge in [0.05, 0.1) is 4.92 Å². The lowest BCUT2D eigenvalue weighted by Crippen LogP contribution is -2.01. The number of nitrogens with two attached hydrogens (primary N) is 1. The van der Waals surface area contributed by atoms with Crippen LogP contribution in [0.15, 0.2) is 42.5 Å². The number of nitrogen functional groups attached to an aromatic ring is 1. The number of nitrogens with zero attached hydrogens (tertiary/aromatic N) is 1. The molecule has 0 bridgehead atoms. The Morgan fingerprint density at radius 1 is 1.22 bits per heavy atom. The third-order valence-corrected chi connectivity index (χ3v) is 2.35. The maximum absolute atomic E-state index is 13.0. The first kappa shape index (κ1) is 11.8. The van der Waals surface area contributed by atoms with Crippen molar-refractivity contribution in [2.24, 2.45) is 0 Å². The molecule has 0 radical (unpaired) electrons. The molecule has 0 unspecified atom stereocenters. The van der Waals surface area contributed by atoms with Crippen molar-refractivity contribution in [1.29, 1.82) is 0 Å². The van der Waals surface area contributed by atoms with Crippen LogP contribution in [0.25, 0.3) is 0 Å². The molecule has 0 aliphatic heterocycles. The lowest BCUT2D eigenvalue weighted by Gasteiger charge is -2.08. The molecule has 6 heteroatoms. The second-order valence-electron chi connectivity index (χ2n) is 3.64. The van der Waals surface area contributed by atoms with Crippen LogP contribution in [0.4, 0.5) is 27.1 Å². The smallest absolute Gasteiger partial charge is 0.315 e. The van der Waals surface area contributed by atoms with Gasteiger partial charge in [0, 0.05) is 5.69 Å². The summed E-state index contributed by atoms with van der Waals surface area (Å²) in [4.78, 5) is 10.3. The number of benzene rings is 2. The number of anilines is 3. The Hall–Kier alpha value is -2.63. The Kier molecular flexibility index (Phi) is 3.09. The zero-order chi connectivity index (χ0) is 13.1. The molecule has 0 amide bonds. The Balaban J connectivity index is 2.40. The fraction of sp³-hybridized carbons (Fsp3) is 0. The van der Waals surface area contributed by atoms with Gasteiger partial charge in [-0.1, -0.05) is 12.1 Å². The molecule has 2 aromatic carbocycles. The number of rotatable bonds is 3. The summed E-state index contributed by atoms with van der Waals surface area (Å²) in [5.41, 5.74) is 6.03. The molecular weight excluding hydrogens is 237 g/mol. The average molecular weight is 247 g/mol. The largest absolute Gasteiger partial charge is 0.393 e. The second kappa shape index (κ2) is 4.70. The second-order valence-corrected chi connectivity index (χ2v) is 3.64. The van der Waals surface area contributed by atoms with Gasteiger partial charge in [0.25, 0.3) is 0 Å². The highest BCUT2D eigenvalue weighted by Gasteiger charge is 2.17. The van der Waals surface area contributed by atoms with Crippen LogP contribution in [0.3, 0.4) is 0 Å². The van der Waals surface area contributed by atoms with Crippen molar-refractivity contribution in [3.8, 4) is 0 Å². The monoisotopic (exact) mass is 247 g/mol. The van der Waals surface area contributed by atoms with Gasteiger partial charge in [-0.15, -0.1) is 0 Å². The normalized spacial score (nSPS) is 10.1. The summed E-state index contributed by atoms with van der Waals surface area (Å²) in [5.74, 6) is -0.424. The van der Waals surface area contributed by atoms with Crippen molar-refractivity contribution >= 4 is 22.7 Å². The van der Waals surface area contributed by atoms with Crippen LogP contribution in [0.5, 0.6) is 0 Å². The van der Waals surface area contributed by atoms with E-state index in [1.54, 1.807) is 12.1 Å². The van der Waals surface area contributed by atoms with Crippen LogP contribution in [-0.2, 0) is 0 Å². The fourth-order valence-electron chi connectivity index (χ4n) is 1.59. The molecule has 0 aromatic heterocycles. The van der Waals surface area contributed by atoms with Crippen LogP contribution in [0.2, 0.25) is 0 Å². The van der Waals surface area contributed by atoms with Crippen molar-refractivity contribution in [3.63, 3.8) is 0 Å². The van der Waals surface area contributed by atoms with E-state index >= 15 is 0 Å². The van der Waals surface area contributed by atoms with Gasteiger partial charge < -0.3 is 11.1 Å². The first-order valence-corrected chi connectivity index (χ1v) is 5.13. The Bertz CT molecular complexity index is 602. The summed E-state index contributed by atoms with van der Waals surface area (Å²) in [7, 11) is 0. The molecule has 18 heavy (non-hydrogen) atoms. The maximum atomic E-state index is 13.0. The summed E-state index contributed by atoms with van der Waals surface area (Å²) in [6.07, 6.45) is 0. The SMILES string of the molecule is Nc1cccc(Nc2cccc(F)c2)c1[N+](=O)[O-]. The zero-order valence-corrected chi connectivity index (χ0v) is 9.26. The van der Waals surface area contributed by atoms with E-state index in [9.17, 15) is 14.5 Å². The number of para-hydroxylation sites is 1. The van der Waals surface area contributed by atoms with Crippen LogP contribution in [0, 0.1) is 15.9 Å².